The number of esters is 1. The Kier molecular flexibility index (Phi) is 5.80. The maximum atomic E-state index is 12.3. The minimum atomic E-state index is -1.36. The molecular formula is C12H22N2O5. The second-order valence-corrected chi connectivity index (χ2v) is 5.00. The highest BCUT2D eigenvalue weighted by atomic mass is 16.5. The van der Waals surface area contributed by atoms with Gasteiger partial charge in [-0.05, 0) is 27.7 Å². The molecule has 110 valence electrons. The summed E-state index contributed by atoms with van der Waals surface area (Å²) < 4.78 is 4.53. The Labute approximate surface area is 113 Å². The fourth-order valence-electron chi connectivity index (χ4n) is 1.25. The van der Waals surface area contributed by atoms with Crippen molar-refractivity contribution in [3.05, 3.63) is 0 Å². The number of aliphatic carboxylic acids is 1. The molecule has 0 fully saturated rings. The van der Waals surface area contributed by atoms with Crippen LogP contribution in [0.4, 0.5) is 4.79 Å². The van der Waals surface area contributed by atoms with E-state index in [1.807, 2.05) is 0 Å². The first-order chi connectivity index (χ1) is 8.55. The van der Waals surface area contributed by atoms with Gasteiger partial charge in [0.25, 0.3) is 0 Å². The smallest absolute Gasteiger partial charge is 0.329 e. The number of carboxylic acid groups (broad SMARTS) is 1. The molecule has 0 aromatic carbocycles. The van der Waals surface area contributed by atoms with Gasteiger partial charge >= 0.3 is 18.0 Å². The Bertz CT molecular complexity index is 365. The summed E-state index contributed by atoms with van der Waals surface area (Å²) in [5.74, 6) is -1.67. The summed E-state index contributed by atoms with van der Waals surface area (Å²) in [6, 6.07) is -0.786. The van der Waals surface area contributed by atoms with Crippen LogP contribution in [0.1, 0.15) is 27.7 Å². The molecule has 0 radical (unpaired) electrons. The summed E-state index contributed by atoms with van der Waals surface area (Å²) in [5.41, 5.74) is -1.36. The quantitative estimate of drug-likeness (QED) is 0.749. The molecule has 0 aliphatic rings. The minimum absolute atomic E-state index is 0.215. The number of methoxy groups -OCH3 is 1. The van der Waals surface area contributed by atoms with Crippen molar-refractivity contribution in [3.63, 3.8) is 0 Å². The molecule has 0 atom stereocenters. The van der Waals surface area contributed by atoms with Gasteiger partial charge in [0, 0.05) is 13.1 Å². The van der Waals surface area contributed by atoms with E-state index in [0.717, 1.165) is 4.90 Å². The summed E-state index contributed by atoms with van der Waals surface area (Å²) in [6.45, 7) is 6.10. The van der Waals surface area contributed by atoms with E-state index in [4.69, 9.17) is 5.11 Å². The fourth-order valence-corrected chi connectivity index (χ4v) is 1.25. The first kappa shape index (κ1) is 17.2. The molecule has 1 N–H and O–H groups in total. The van der Waals surface area contributed by atoms with Crippen molar-refractivity contribution < 1.29 is 24.2 Å². The molecule has 0 aliphatic heterocycles. The number of ether oxygens (including phenoxy) is 1. The van der Waals surface area contributed by atoms with Gasteiger partial charge in [0.2, 0.25) is 0 Å². The Morgan fingerprint density at radius 1 is 1.26 bits per heavy atom. The summed E-state index contributed by atoms with van der Waals surface area (Å²) in [7, 11) is 2.62. The lowest BCUT2D eigenvalue weighted by Gasteiger charge is -2.37. The maximum Gasteiger partial charge on any atom is 0.329 e. The van der Waals surface area contributed by atoms with Gasteiger partial charge < -0.3 is 19.6 Å². The van der Waals surface area contributed by atoms with Crippen LogP contribution < -0.4 is 0 Å². The van der Waals surface area contributed by atoms with Crippen LogP contribution in [0.5, 0.6) is 0 Å². The number of amides is 2. The molecule has 0 aromatic rings. The third-order valence-corrected chi connectivity index (χ3v) is 3.04. The first-order valence-corrected chi connectivity index (χ1v) is 5.90. The lowest BCUT2D eigenvalue weighted by atomic mass is 10.0. The third kappa shape index (κ3) is 4.11. The molecule has 0 unspecified atom stereocenters. The predicted molar refractivity (Wildman–Crippen MR) is 68.7 cm³/mol. The van der Waals surface area contributed by atoms with Crippen LogP contribution in [0.25, 0.3) is 0 Å². The summed E-state index contributed by atoms with van der Waals surface area (Å²) in [4.78, 5) is 37.0. The topological polar surface area (TPSA) is 87.2 Å². The first-order valence-electron chi connectivity index (χ1n) is 5.90. The number of likely N-dealkylation sites (N-methyl/N-ethyl adjacent to an activating group) is 1. The number of carbonyl (C=O) groups is 3. The Hall–Kier alpha value is -1.79. The van der Waals surface area contributed by atoms with Crippen molar-refractivity contribution in [1.82, 2.24) is 9.80 Å². The number of carboxylic acids is 1. The van der Waals surface area contributed by atoms with Gasteiger partial charge in [0.1, 0.15) is 12.1 Å². The van der Waals surface area contributed by atoms with Gasteiger partial charge in [-0.2, -0.15) is 0 Å². The molecule has 0 aliphatic carbocycles. The average molecular weight is 274 g/mol. The molecule has 0 heterocycles. The van der Waals surface area contributed by atoms with Crippen molar-refractivity contribution in [2.24, 2.45) is 0 Å². The lowest BCUT2D eigenvalue weighted by molar-refractivity contribution is -0.147. The number of hydrogen-bond donors (Lipinski definition) is 1. The van der Waals surface area contributed by atoms with Crippen LogP contribution >= 0.6 is 0 Å². The maximum absolute atomic E-state index is 12.3. The predicted octanol–water partition coefficient (Wildman–Crippen LogP) is 0.785. The van der Waals surface area contributed by atoms with E-state index in [2.05, 4.69) is 4.74 Å². The van der Waals surface area contributed by atoms with Gasteiger partial charge in [-0.25, -0.2) is 9.59 Å². The van der Waals surface area contributed by atoms with Crippen molar-refractivity contribution >= 4 is 18.0 Å². The molecule has 0 saturated heterocycles. The third-order valence-electron chi connectivity index (χ3n) is 3.04. The zero-order valence-corrected chi connectivity index (χ0v) is 12.3. The van der Waals surface area contributed by atoms with Gasteiger partial charge in [0.05, 0.1) is 7.11 Å². The molecule has 0 saturated carbocycles. The molecule has 0 aromatic heterocycles. The van der Waals surface area contributed by atoms with E-state index in [1.165, 1.54) is 32.9 Å². The summed E-state index contributed by atoms with van der Waals surface area (Å²) >= 11 is 0. The standard InChI is InChI=1S/C12H22N2O5/c1-8(2)14(7-9(15)19-6)11(18)13(5)12(3,4)10(16)17/h8H,7H2,1-6H3,(H,16,17). The Morgan fingerprint density at radius 2 is 1.74 bits per heavy atom. The summed E-state index contributed by atoms with van der Waals surface area (Å²) in [5, 5.41) is 9.10. The van der Waals surface area contributed by atoms with Crippen LogP contribution in [0.2, 0.25) is 0 Å². The second-order valence-electron chi connectivity index (χ2n) is 5.00. The van der Waals surface area contributed by atoms with Crippen LogP contribution in [-0.2, 0) is 14.3 Å². The van der Waals surface area contributed by atoms with Crippen LogP contribution in [0.15, 0.2) is 0 Å². The Balaban J connectivity index is 5.11. The normalized spacial score (nSPS) is 11.1. The van der Waals surface area contributed by atoms with E-state index in [9.17, 15) is 14.4 Å². The molecule has 7 nitrogen and oxygen atoms in total. The fraction of sp³-hybridized carbons (Fsp3) is 0.750. The van der Waals surface area contributed by atoms with E-state index >= 15 is 0 Å². The van der Waals surface area contributed by atoms with Crippen molar-refractivity contribution in [3.8, 4) is 0 Å². The monoisotopic (exact) mass is 274 g/mol. The summed E-state index contributed by atoms with van der Waals surface area (Å²) in [6.07, 6.45) is 0. The SMILES string of the molecule is COC(=O)CN(C(=O)N(C)C(C)(C)C(=O)O)C(C)C. The number of hydrogen-bond acceptors (Lipinski definition) is 4. The van der Waals surface area contributed by atoms with Crippen LogP contribution in [-0.4, -0.2) is 65.2 Å². The van der Waals surface area contributed by atoms with Gasteiger partial charge in [0.15, 0.2) is 0 Å². The molecule has 0 spiro atoms. The van der Waals surface area contributed by atoms with E-state index < -0.39 is 23.5 Å². The number of nitrogens with zero attached hydrogens (tertiary/aromatic N) is 2. The molecule has 0 rings (SSSR count). The van der Waals surface area contributed by atoms with E-state index in [1.54, 1.807) is 13.8 Å². The Morgan fingerprint density at radius 3 is 2.05 bits per heavy atom. The zero-order valence-electron chi connectivity index (χ0n) is 12.3. The number of carbonyl (C=O) groups excluding carboxylic acids is 2. The van der Waals surface area contributed by atoms with Crippen molar-refractivity contribution in [2.75, 3.05) is 20.7 Å². The molecule has 0 bridgehead atoms. The highest BCUT2D eigenvalue weighted by Crippen LogP contribution is 2.16. The molecule has 19 heavy (non-hydrogen) atoms. The largest absolute Gasteiger partial charge is 0.480 e. The van der Waals surface area contributed by atoms with Crippen molar-refractivity contribution in [1.29, 1.82) is 0 Å². The second kappa shape index (κ2) is 6.40. The number of urea groups is 1. The highest BCUT2D eigenvalue weighted by molar-refractivity contribution is 5.87. The van der Waals surface area contributed by atoms with Gasteiger partial charge in [-0.15, -0.1) is 0 Å². The molecule has 2 amide bonds. The van der Waals surface area contributed by atoms with Crippen LogP contribution in [0, 0.1) is 0 Å². The van der Waals surface area contributed by atoms with Crippen LogP contribution in [0.3, 0.4) is 0 Å². The zero-order chi connectivity index (χ0) is 15.4. The van der Waals surface area contributed by atoms with Crippen molar-refractivity contribution in [2.45, 2.75) is 39.3 Å². The highest BCUT2D eigenvalue weighted by Gasteiger charge is 2.38. The molecule has 7 heteroatoms. The van der Waals surface area contributed by atoms with Gasteiger partial charge in [-0.1, -0.05) is 0 Å². The van der Waals surface area contributed by atoms with Gasteiger partial charge in [-0.3, -0.25) is 4.79 Å². The minimum Gasteiger partial charge on any atom is -0.480 e. The van der Waals surface area contributed by atoms with E-state index in [0.29, 0.717) is 0 Å². The lowest BCUT2D eigenvalue weighted by Crippen LogP contribution is -2.57. The molecular weight excluding hydrogens is 252 g/mol. The number of rotatable bonds is 5. The van der Waals surface area contributed by atoms with E-state index in [-0.39, 0.29) is 12.6 Å². The average Bonchev–Trinajstić information content (AvgIpc) is 2.32.